The third-order valence-corrected chi connectivity index (χ3v) is 3.14. The van der Waals surface area contributed by atoms with Gasteiger partial charge in [-0.3, -0.25) is 0 Å². The number of hydrogen-bond acceptors (Lipinski definition) is 8. The zero-order valence-electron chi connectivity index (χ0n) is 10.2. The first kappa shape index (κ1) is 14.2. The molecule has 0 spiro atoms. The number of aliphatic hydroxyl groups is 3. The highest BCUT2D eigenvalue weighted by Gasteiger charge is 2.58. The minimum Gasteiger partial charge on any atom is -0.391 e. The topological polar surface area (TPSA) is 121 Å². The summed E-state index contributed by atoms with van der Waals surface area (Å²) in [5, 5.41) is 28.7. The van der Waals surface area contributed by atoms with E-state index in [0.717, 1.165) is 12.0 Å². The lowest BCUT2D eigenvalue weighted by Gasteiger charge is -2.33. The average molecular weight is 277 g/mol. The molecule has 0 saturated carbocycles. The number of nitrogens with zero attached hydrogens (tertiary/aromatic N) is 2. The SMILES string of the molecule is CO[C@]1(CO)O[C@@H](N2C=CC(N)=NC2O)[C@H](O)[C@@H]1F. The standard InChI is InChI=1S/C10H16FN3O5/c1-18-10(4-15)7(11)6(16)8(19-10)14-3-2-5(12)13-9(14)17/h2-3,6-9,15-17H,4H2,1H3,(H2,12,13)/t6-,7+,8-,9?,10-/m1/s1. The number of aliphatic hydroxyl groups excluding tert-OH is 3. The van der Waals surface area contributed by atoms with E-state index in [4.69, 9.17) is 15.2 Å². The Balaban J connectivity index is 2.21. The Kier molecular flexibility index (Phi) is 3.74. The van der Waals surface area contributed by atoms with Crippen molar-refractivity contribution in [3.05, 3.63) is 12.3 Å². The van der Waals surface area contributed by atoms with E-state index in [9.17, 15) is 19.7 Å². The quantitative estimate of drug-likeness (QED) is 0.463. The summed E-state index contributed by atoms with van der Waals surface area (Å²) in [5.41, 5.74) is 5.39. The number of alkyl halides is 1. The summed E-state index contributed by atoms with van der Waals surface area (Å²) in [6.45, 7) is -0.780. The van der Waals surface area contributed by atoms with E-state index in [-0.39, 0.29) is 5.84 Å². The Hall–Kier alpha value is -1.26. The van der Waals surface area contributed by atoms with Gasteiger partial charge in [-0.25, -0.2) is 9.38 Å². The largest absolute Gasteiger partial charge is 0.391 e. The van der Waals surface area contributed by atoms with Crippen molar-refractivity contribution in [3.63, 3.8) is 0 Å². The second-order valence-electron chi connectivity index (χ2n) is 4.24. The van der Waals surface area contributed by atoms with Gasteiger partial charge in [0.25, 0.3) is 0 Å². The Morgan fingerprint density at radius 2 is 2.32 bits per heavy atom. The number of nitrogens with two attached hydrogens (primary N) is 1. The van der Waals surface area contributed by atoms with Crippen LogP contribution in [0.4, 0.5) is 4.39 Å². The summed E-state index contributed by atoms with van der Waals surface area (Å²) < 4.78 is 24.0. The maximum Gasteiger partial charge on any atom is 0.229 e. The molecule has 0 aromatic carbocycles. The molecule has 1 unspecified atom stereocenters. The van der Waals surface area contributed by atoms with Crippen LogP contribution in [0.3, 0.4) is 0 Å². The first-order valence-corrected chi connectivity index (χ1v) is 5.58. The molecule has 1 saturated heterocycles. The zero-order valence-corrected chi connectivity index (χ0v) is 10.2. The Bertz CT molecular complexity index is 401. The lowest BCUT2D eigenvalue weighted by molar-refractivity contribution is -0.270. The van der Waals surface area contributed by atoms with Crippen molar-refractivity contribution in [1.29, 1.82) is 0 Å². The normalized spacial score (nSPS) is 42.6. The second-order valence-corrected chi connectivity index (χ2v) is 4.24. The second kappa shape index (κ2) is 5.02. The molecule has 9 heteroatoms. The molecule has 0 aromatic rings. The van der Waals surface area contributed by atoms with Crippen molar-refractivity contribution in [2.24, 2.45) is 10.7 Å². The van der Waals surface area contributed by atoms with Crippen molar-refractivity contribution >= 4 is 5.84 Å². The van der Waals surface area contributed by atoms with Gasteiger partial charge in [-0.15, -0.1) is 0 Å². The first-order chi connectivity index (χ1) is 8.95. The van der Waals surface area contributed by atoms with Crippen LogP contribution in [0.25, 0.3) is 0 Å². The van der Waals surface area contributed by atoms with Crippen LogP contribution >= 0.6 is 0 Å². The fourth-order valence-corrected chi connectivity index (χ4v) is 2.03. The molecule has 0 radical (unpaired) electrons. The highest BCUT2D eigenvalue weighted by atomic mass is 19.1. The predicted octanol–water partition coefficient (Wildman–Crippen LogP) is -2.16. The number of rotatable bonds is 3. The van der Waals surface area contributed by atoms with Gasteiger partial charge in [-0.1, -0.05) is 0 Å². The van der Waals surface area contributed by atoms with Crippen LogP contribution in [0.1, 0.15) is 0 Å². The molecule has 2 aliphatic rings. The van der Waals surface area contributed by atoms with Crippen LogP contribution in [0.5, 0.6) is 0 Å². The van der Waals surface area contributed by atoms with E-state index in [1.807, 2.05) is 0 Å². The summed E-state index contributed by atoms with van der Waals surface area (Å²) in [4.78, 5) is 4.71. The average Bonchev–Trinajstić information content (AvgIpc) is 2.64. The summed E-state index contributed by atoms with van der Waals surface area (Å²) >= 11 is 0. The number of hydrogen-bond donors (Lipinski definition) is 4. The fourth-order valence-electron chi connectivity index (χ4n) is 2.03. The summed E-state index contributed by atoms with van der Waals surface area (Å²) in [6.07, 6.45) is -3.59. The first-order valence-electron chi connectivity index (χ1n) is 5.58. The van der Waals surface area contributed by atoms with E-state index in [0.29, 0.717) is 0 Å². The van der Waals surface area contributed by atoms with Crippen molar-refractivity contribution in [2.45, 2.75) is 30.6 Å². The minimum atomic E-state index is -1.98. The maximum atomic E-state index is 14.0. The van der Waals surface area contributed by atoms with Crippen LogP contribution in [-0.4, -0.2) is 70.4 Å². The zero-order chi connectivity index (χ0) is 14.2. The van der Waals surface area contributed by atoms with Crippen LogP contribution in [0.2, 0.25) is 0 Å². The van der Waals surface area contributed by atoms with E-state index >= 15 is 0 Å². The van der Waals surface area contributed by atoms with Gasteiger partial charge in [-0.05, 0) is 6.08 Å². The van der Waals surface area contributed by atoms with E-state index in [1.165, 1.54) is 12.3 Å². The molecule has 8 nitrogen and oxygen atoms in total. The molecular weight excluding hydrogens is 261 g/mol. The fraction of sp³-hybridized carbons (Fsp3) is 0.700. The monoisotopic (exact) mass is 277 g/mol. The van der Waals surface area contributed by atoms with Crippen molar-refractivity contribution in [1.82, 2.24) is 4.90 Å². The summed E-state index contributed by atoms with van der Waals surface area (Å²) in [6, 6.07) is 0. The Morgan fingerprint density at radius 1 is 1.63 bits per heavy atom. The molecule has 1 fully saturated rings. The van der Waals surface area contributed by atoms with Gasteiger partial charge in [0.1, 0.15) is 18.5 Å². The molecule has 2 aliphatic heterocycles. The smallest absolute Gasteiger partial charge is 0.229 e. The van der Waals surface area contributed by atoms with E-state index < -0.39 is 37.2 Å². The van der Waals surface area contributed by atoms with Crippen LogP contribution in [0.15, 0.2) is 17.3 Å². The van der Waals surface area contributed by atoms with E-state index in [1.54, 1.807) is 0 Å². The van der Waals surface area contributed by atoms with Crippen LogP contribution < -0.4 is 5.73 Å². The Labute approximate surface area is 108 Å². The molecule has 2 rings (SSSR count). The van der Waals surface area contributed by atoms with Gasteiger partial charge in [0.05, 0.1) is 0 Å². The number of halogens is 1. The molecular formula is C10H16FN3O5. The molecule has 5 atom stereocenters. The van der Waals surface area contributed by atoms with Gasteiger partial charge >= 0.3 is 0 Å². The lowest BCUT2D eigenvalue weighted by atomic mass is 10.1. The minimum absolute atomic E-state index is 0.0909. The predicted molar refractivity (Wildman–Crippen MR) is 61.2 cm³/mol. The lowest BCUT2D eigenvalue weighted by Crippen LogP contribution is -2.47. The molecule has 2 heterocycles. The van der Waals surface area contributed by atoms with Gasteiger partial charge in [0.15, 0.2) is 12.4 Å². The molecule has 0 amide bonds. The van der Waals surface area contributed by atoms with Gasteiger partial charge < -0.3 is 35.4 Å². The number of ether oxygens (including phenoxy) is 2. The highest BCUT2D eigenvalue weighted by Crippen LogP contribution is 2.36. The maximum absolute atomic E-state index is 14.0. The summed E-state index contributed by atoms with van der Waals surface area (Å²) in [5.74, 6) is -1.88. The van der Waals surface area contributed by atoms with Gasteiger partial charge in [0, 0.05) is 13.3 Å². The molecule has 19 heavy (non-hydrogen) atoms. The molecule has 0 aliphatic carbocycles. The number of aliphatic imine (C=N–C) groups is 1. The van der Waals surface area contributed by atoms with Crippen molar-refractivity contribution < 1.29 is 29.2 Å². The van der Waals surface area contributed by atoms with Gasteiger partial charge in [-0.2, -0.15) is 0 Å². The van der Waals surface area contributed by atoms with Crippen LogP contribution in [0, 0.1) is 0 Å². The van der Waals surface area contributed by atoms with Gasteiger partial charge in [0.2, 0.25) is 12.1 Å². The van der Waals surface area contributed by atoms with Crippen LogP contribution in [-0.2, 0) is 9.47 Å². The third-order valence-electron chi connectivity index (χ3n) is 3.14. The molecule has 108 valence electrons. The van der Waals surface area contributed by atoms with Crippen molar-refractivity contribution in [3.8, 4) is 0 Å². The molecule has 0 bridgehead atoms. The Morgan fingerprint density at radius 3 is 2.79 bits per heavy atom. The number of methoxy groups -OCH3 is 1. The third kappa shape index (κ3) is 2.19. The molecule has 0 aromatic heterocycles. The molecule has 5 N–H and O–H groups in total. The highest BCUT2D eigenvalue weighted by molar-refractivity contribution is 5.91. The van der Waals surface area contributed by atoms with Crippen molar-refractivity contribution in [2.75, 3.05) is 13.7 Å². The number of amidine groups is 1. The summed E-state index contributed by atoms with van der Waals surface area (Å²) in [7, 11) is 1.15. The van der Waals surface area contributed by atoms with E-state index in [2.05, 4.69) is 4.99 Å².